The van der Waals surface area contributed by atoms with E-state index in [-0.39, 0.29) is 23.6 Å². The molecule has 3 heterocycles. The first-order valence-corrected chi connectivity index (χ1v) is 12.5. The van der Waals surface area contributed by atoms with Crippen LogP contribution in [0.1, 0.15) is 66.3 Å². The fourth-order valence-corrected chi connectivity index (χ4v) is 6.85. The zero-order valence-corrected chi connectivity index (χ0v) is 18.6. The van der Waals surface area contributed by atoms with Crippen molar-refractivity contribution < 1.29 is 27.6 Å². The van der Waals surface area contributed by atoms with Crippen molar-refractivity contribution in [3.05, 3.63) is 23.0 Å². The summed E-state index contributed by atoms with van der Waals surface area (Å²) in [6.07, 6.45) is 4.69. The zero-order chi connectivity index (χ0) is 22.5. The predicted molar refractivity (Wildman–Crippen MR) is 111 cm³/mol. The van der Waals surface area contributed by atoms with E-state index < -0.39 is 40.0 Å². The Balaban J connectivity index is 1.53. The van der Waals surface area contributed by atoms with Crippen molar-refractivity contribution in [2.45, 2.75) is 64.5 Å². The molecule has 1 aromatic heterocycles. The number of hydrogen-bond acceptors (Lipinski definition) is 6. The summed E-state index contributed by atoms with van der Waals surface area (Å²) in [7, 11) is -3.09. The molecular formula is C21H27N3O6S. The summed E-state index contributed by atoms with van der Waals surface area (Å²) >= 11 is 0. The maximum Gasteiger partial charge on any atom is 0.334 e. The van der Waals surface area contributed by atoms with Gasteiger partial charge in [0, 0.05) is 29.0 Å². The summed E-state index contributed by atoms with van der Waals surface area (Å²) in [6.45, 7) is 3.04. The lowest BCUT2D eigenvalue weighted by Crippen LogP contribution is -2.43. The van der Waals surface area contributed by atoms with Crippen LogP contribution in [0.2, 0.25) is 0 Å². The fourth-order valence-electron chi connectivity index (χ4n) is 5.15. The van der Waals surface area contributed by atoms with E-state index in [1.165, 1.54) is 0 Å². The van der Waals surface area contributed by atoms with Crippen LogP contribution in [-0.2, 0) is 19.4 Å². The highest BCUT2D eigenvalue weighted by atomic mass is 32.2. The van der Waals surface area contributed by atoms with Gasteiger partial charge in [0.05, 0.1) is 18.1 Å². The first kappa shape index (κ1) is 21.7. The SMILES string of the molecule is Cc1cc(C(=O)CN2C(=O)C(=O)N(C3CCCCC3)C2=O)c(C)n1C1CCS(=O)(=O)C1. The minimum Gasteiger partial charge on any atom is -0.344 e. The number of ketones is 1. The van der Waals surface area contributed by atoms with Crippen molar-refractivity contribution in [2.75, 3.05) is 18.1 Å². The molecule has 3 aliphatic rings. The van der Waals surface area contributed by atoms with Gasteiger partial charge >= 0.3 is 17.8 Å². The lowest BCUT2D eigenvalue weighted by atomic mass is 9.94. The number of aromatic nitrogens is 1. The molecule has 168 valence electrons. The summed E-state index contributed by atoms with van der Waals surface area (Å²) in [6, 6.07) is 0.428. The monoisotopic (exact) mass is 449 g/mol. The summed E-state index contributed by atoms with van der Waals surface area (Å²) in [5.41, 5.74) is 1.70. The van der Waals surface area contributed by atoms with E-state index in [1.54, 1.807) is 19.9 Å². The number of sulfone groups is 1. The molecule has 0 aromatic carbocycles. The Morgan fingerprint density at radius 2 is 1.68 bits per heavy atom. The van der Waals surface area contributed by atoms with Crippen molar-refractivity contribution in [1.82, 2.24) is 14.4 Å². The molecule has 3 fully saturated rings. The van der Waals surface area contributed by atoms with E-state index in [0.29, 0.717) is 30.5 Å². The molecule has 2 aliphatic heterocycles. The highest BCUT2D eigenvalue weighted by Gasteiger charge is 2.48. The molecule has 31 heavy (non-hydrogen) atoms. The van der Waals surface area contributed by atoms with Crippen LogP contribution >= 0.6 is 0 Å². The quantitative estimate of drug-likeness (QED) is 0.385. The van der Waals surface area contributed by atoms with Crippen LogP contribution in [0.5, 0.6) is 0 Å². The number of hydrogen-bond donors (Lipinski definition) is 0. The van der Waals surface area contributed by atoms with E-state index in [1.807, 2.05) is 4.57 Å². The highest BCUT2D eigenvalue weighted by Crippen LogP contribution is 2.30. The molecule has 0 radical (unpaired) electrons. The number of carbonyl (C=O) groups is 4. The van der Waals surface area contributed by atoms with Gasteiger partial charge in [0.1, 0.15) is 0 Å². The Morgan fingerprint density at radius 3 is 2.29 bits per heavy atom. The van der Waals surface area contributed by atoms with Gasteiger partial charge in [-0.3, -0.25) is 19.3 Å². The van der Waals surface area contributed by atoms with Crippen LogP contribution in [0.4, 0.5) is 4.79 Å². The number of imide groups is 2. The molecule has 1 saturated carbocycles. The number of amides is 4. The van der Waals surface area contributed by atoms with Gasteiger partial charge < -0.3 is 4.57 Å². The molecule has 4 rings (SSSR count). The van der Waals surface area contributed by atoms with Gasteiger partial charge in [-0.25, -0.2) is 18.1 Å². The molecule has 1 unspecified atom stereocenters. The number of rotatable bonds is 5. The third kappa shape index (κ3) is 3.81. The van der Waals surface area contributed by atoms with Crippen molar-refractivity contribution >= 4 is 33.5 Å². The topological polar surface area (TPSA) is 114 Å². The average Bonchev–Trinajstić information content (AvgIpc) is 3.29. The van der Waals surface area contributed by atoms with Crippen LogP contribution < -0.4 is 0 Å². The smallest absolute Gasteiger partial charge is 0.334 e. The zero-order valence-electron chi connectivity index (χ0n) is 17.8. The molecule has 1 atom stereocenters. The fraction of sp³-hybridized carbons (Fsp3) is 0.619. The molecular weight excluding hydrogens is 422 g/mol. The van der Waals surface area contributed by atoms with E-state index in [4.69, 9.17) is 0 Å². The number of carbonyl (C=O) groups excluding carboxylic acids is 4. The average molecular weight is 450 g/mol. The Labute approximate surface area is 181 Å². The molecule has 1 aromatic rings. The maximum absolute atomic E-state index is 13.0. The van der Waals surface area contributed by atoms with Gasteiger partial charge in [-0.05, 0) is 39.2 Å². The predicted octanol–water partition coefficient (Wildman–Crippen LogP) is 1.77. The molecule has 1 aliphatic carbocycles. The molecule has 0 spiro atoms. The van der Waals surface area contributed by atoms with Gasteiger partial charge in [0.15, 0.2) is 15.6 Å². The number of aryl methyl sites for hydroxylation is 1. The first-order chi connectivity index (χ1) is 14.6. The van der Waals surface area contributed by atoms with Gasteiger partial charge in [0.25, 0.3) is 0 Å². The lowest BCUT2D eigenvalue weighted by molar-refractivity contribution is -0.144. The summed E-state index contributed by atoms with van der Waals surface area (Å²) in [5.74, 6) is -2.11. The molecule has 0 bridgehead atoms. The van der Waals surface area contributed by atoms with E-state index >= 15 is 0 Å². The second-order valence-corrected chi connectivity index (χ2v) is 11.0. The highest BCUT2D eigenvalue weighted by molar-refractivity contribution is 7.91. The Bertz CT molecular complexity index is 1070. The van der Waals surface area contributed by atoms with Crippen LogP contribution in [0.25, 0.3) is 0 Å². The summed E-state index contributed by atoms with van der Waals surface area (Å²) in [5, 5.41) is 0. The maximum atomic E-state index is 13.0. The minimum absolute atomic E-state index is 0.0327. The summed E-state index contributed by atoms with van der Waals surface area (Å²) in [4.78, 5) is 52.5. The van der Waals surface area contributed by atoms with Crippen LogP contribution in [-0.4, -0.2) is 70.5 Å². The Hall–Kier alpha value is -2.49. The molecule has 9 nitrogen and oxygen atoms in total. The lowest BCUT2D eigenvalue weighted by Gasteiger charge is -2.28. The van der Waals surface area contributed by atoms with Crippen molar-refractivity contribution in [2.24, 2.45) is 0 Å². The van der Waals surface area contributed by atoms with Crippen molar-refractivity contribution in [3.63, 3.8) is 0 Å². The third-order valence-corrected chi connectivity index (χ3v) is 8.43. The van der Waals surface area contributed by atoms with E-state index in [2.05, 4.69) is 0 Å². The molecule has 10 heteroatoms. The van der Waals surface area contributed by atoms with Crippen LogP contribution in [0.3, 0.4) is 0 Å². The Morgan fingerprint density at radius 1 is 1.00 bits per heavy atom. The van der Waals surface area contributed by atoms with Gasteiger partial charge in [0.2, 0.25) is 0 Å². The molecule has 4 amide bonds. The first-order valence-electron chi connectivity index (χ1n) is 10.7. The third-order valence-electron chi connectivity index (χ3n) is 6.68. The standard InChI is InChI=1S/C21H27N3O6S/c1-13-10-17(14(2)23(13)16-8-9-31(29,30)12-16)18(25)11-22-19(26)20(27)24(21(22)28)15-6-4-3-5-7-15/h10,15-16H,3-9,11-12H2,1-2H3. The number of urea groups is 1. The number of Topliss-reactive ketones (excluding diaryl/α,β-unsaturated/α-hetero) is 1. The second kappa shape index (κ2) is 7.89. The van der Waals surface area contributed by atoms with Crippen LogP contribution in [0.15, 0.2) is 6.07 Å². The van der Waals surface area contributed by atoms with Gasteiger partial charge in [-0.2, -0.15) is 0 Å². The summed E-state index contributed by atoms with van der Waals surface area (Å²) < 4.78 is 25.6. The van der Waals surface area contributed by atoms with Gasteiger partial charge in [-0.15, -0.1) is 0 Å². The van der Waals surface area contributed by atoms with Crippen molar-refractivity contribution in [1.29, 1.82) is 0 Å². The van der Waals surface area contributed by atoms with Gasteiger partial charge in [-0.1, -0.05) is 19.3 Å². The second-order valence-electron chi connectivity index (χ2n) is 8.78. The normalized spacial score (nSPS) is 24.5. The van der Waals surface area contributed by atoms with E-state index in [0.717, 1.165) is 34.8 Å². The largest absolute Gasteiger partial charge is 0.344 e. The Kier molecular flexibility index (Phi) is 5.53. The molecule has 2 saturated heterocycles. The minimum atomic E-state index is -3.09. The van der Waals surface area contributed by atoms with E-state index in [9.17, 15) is 27.6 Å². The molecule has 0 N–H and O–H groups in total. The van der Waals surface area contributed by atoms with Crippen LogP contribution in [0, 0.1) is 13.8 Å². The van der Waals surface area contributed by atoms with Crippen molar-refractivity contribution in [3.8, 4) is 0 Å². The number of nitrogens with zero attached hydrogens (tertiary/aromatic N) is 3.